The van der Waals surface area contributed by atoms with Gasteiger partial charge < -0.3 is 26.2 Å². The van der Waals surface area contributed by atoms with Crippen molar-refractivity contribution >= 4 is 41.3 Å². The van der Waals surface area contributed by atoms with Crippen molar-refractivity contribution in [3.05, 3.63) is 64.1 Å². The summed E-state index contributed by atoms with van der Waals surface area (Å²) in [6.07, 6.45) is 2.76. The first-order chi connectivity index (χ1) is 21.5. The van der Waals surface area contributed by atoms with E-state index in [-0.39, 0.29) is 43.3 Å². The maximum Gasteiger partial charge on any atom is 0.264 e. The van der Waals surface area contributed by atoms with Crippen LogP contribution in [0.3, 0.4) is 0 Å². The lowest BCUT2D eigenvalue weighted by Crippen LogP contribution is -2.57. The van der Waals surface area contributed by atoms with Crippen molar-refractivity contribution < 1.29 is 24.0 Å². The molecule has 5 amide bonds. The summed E-state index contributed by atoms with van der Waals surface area (Å²) in [6, 6.07) is 8.81. The Morgan fingerprint density at radius 3 is 2.33 bits per heavy atom. The molecule has 0 saturated carbocycles. The highest BCUT2D eigenvalue weighted by Gasteiger charge is 2.32. The zero-order valence-corrected chi connectivity index (χ0v) is 26.9. The lowest BCUT2D eigenvalue weighted by Gasteiger charge is -2.30. The van der Waals surface area contributed by atoms with Crippen molar-refractivity contribution in [3.8, 4) is 0 Å². The molecule has 1 aliphatic heterocycles. The topological polar surface area (TPSA) is 182 Å². The van der Waals surface area contributed by atoms with E-state index >= 15 is 0 Å². The molecule has 5 N–H and O–H groups in total. The number of carbonyl (C=O) groups is 5. The van der Waals surface area contributed by atoms with Crippen LogP contribution in [0.15, 0.2) is 47.3 Å². The zero-order valence-electron chi connectivity index (χ0n) is 26.1. The molecule has 0 spiro atoms. The minimum absolute atomic E-state index is 0.0124. The van der Waals surface area contributed by atoms with Crippen LogP contribution in [-0.2, 0) is 36.8 Å². The van der Waals surface area contributed by atoms with E-state index in [0.717, 1.165) is 5.56 Å². The highest BCUT2D eigenvalue weighted by atomic mass is 32.2. The molecule has 14 heteroatoms. The van der Waals surface area contributed by atoms with E-state index in [1.54, 1.807) is 20.8 Å². The third kappa shape index (κ3) is 11.3. The summed E-state index contributed by atoms with van der Waals surface area (Å²) < 4.78 is 0. The van der Waals surface area contributed by atoms with E-state index in [4.69, 9.17) is 0 Å². The summed E-state index contributed by atoms with van der Waals surface area (Å²) in [6.45, 7) is 4.73. The fourth-order valence-corrected chi connectivity index (χ4v) is 5.36. The molecule has 4 atom stereocenters. The highest BCUT2D eigenvalue weighted by Crippen LogP contribution is 2.11. The van der Waals surface area contributed by atoms with Gasteiger partial charge in [-0.3, -0.25) is 28.8 Å². The standard InChI is InChI=1S/C31H43N7O6S/c1-19(2)28-31(44)34-24(14-15-45-4)30(43)32-20(3)29(42)33-23(16-21-8-6-5-7-9-21)17-38(18-26(40)35-28)27(41)13-11-22-10-12-25(39)37-36-22/h5-10,12,19-20,23-24,28H,11,13-18H2,1-4H3,(H,32,43)(H,33,42)(H,34,44)(H,35,40)(H,37,39)/t20-,23+,24-,28-/m0/s1. The monoisotopic (exact) mass is 641 g/mol. The van der Waals surface area contributed by atoms with Crippen molar-refractivity contribution in [1.82, 2.24) is 36.4 Å². The molecule has 1 aromatic heterocycles. The first-order valence-corrected chi connectivity index (χ1v) is 16.4. The Kier molecular flexibility index (Phi) is 13.6. The van der Waals surface area contributed by atoms with Crippen LogP contribution in [0.5, 0.6) is 0 Å². The van der Waals surface area contributed by atoms with Crippen LogP contribution >= 0.6 is 11.8 Å². The first kappa shape index (κ1) is 35.3. The lowest BCUT2D eigenvalue weighted by molar-refractivity contribution is -0.138. The molecule has 13 nitrogen and oxygen atoms in total. The van der Waals surface area contributed by atoms with Crippen LogP contribution in [-0.4, -0.2) is 93.9 Å². The van der Waals surface area contributed by atoms with Crippen LogP contribution in [0.4, 0.5) is 0 Å². The van der Waals surface area contributed by atoms with Crippen molar-refractivity contribution in [2.45, 2.75) is 70.6 Å². The average Bonchev–Trinajstić information content (AvgIpc) is 3.00. The van der Waals surface area contributed by atoms with Gasteiger partial charge in [-0.15, -0.1) is 0 Å². The number of aryl methyl sites for hydroxylation is 1. The molecule has 0 radical (unpaired) electrons. The summed E-state index contributed by atoms with van der Waals surface area (Å²) in [5.41, 5.74) is 1.03. The number of aromatic amines is 1. The number of carbonyl (C=O) groups excluding carboxylic acids is 5. The van der Waals surface area contributed by atoms with E-state index in [0.29, 0.717) is 24.3 Å². The molecule has 0 bridgehead atoms. The summed E-state index contributed by atoms with van der Waals surface area (Å²) in [5, 5.41) is 17.5. The predicted octanol–water partition coefficient (Wildman–Crippen LogP) is 0.156. The third-order valence-corrected chi connectivity index (χ3v) is 8.04. The van der Waals surface area contributed by atoms with E-state index in [1.165, 1.54) is 28.8 Å². The fourth-order valence-electron chi connectivity index (χ4n) is 4.89. The SMILES string of the molecule is CSCC[C@@H]1NC(=O)[C@H](C(C)C)NC(=O)CN(C(=O)CCc2ccc(=O)[nH]n2)C[C@@H](Cc2ccccc2)NC(=O)[C@H](C)NC1=O. The van der Waals surface area contributed by atoms with Crippen LogP contribution in [0.1, 0.15) is 44.9 Å². The van der Waals surface area contributed by atoms with Gasteiger partial charge in [0.05, 0.1) is 18.3 Å². The van der Waals surface area contributed by atoms with Crippen molar-refractivity contribution in [2.75, 3.05) is 25.1 Å². The molecule has 1 saturated heterocycles. The average molecular weight is 642 g/mol. The van der Waals surface area contributed by atoms with Crippen molar-refractivity contribution in [1.29, 1.82) is 0 Å². The Morgan fingerprint density at radius 1 is 0.956 bits per heavy atom. The Bertz CT molecular complexity index is 1370. The maximum absolute atomic E-state index is 13.6. The quantitative estimate of drug-likeness (QED) is 0.257. The van der Waals surface area contributed by atoms with Gasteiger partial charge in [-0.1, -0.05) is 44.2 Å². The summed E-state index contributed by atoms with van der Waals surface area (Å²) >= 11 is 1.51. The Labute approximate surface area is 267 Å². The number of rotatable bonds is 9. The van der Waals surface area contributed by atoms with E-state index in [1.807, 2.05) is 36.6 Å². The van der Waals surface area contributed by atoms with Gasteiger partial charge in [0.15, 0.2) is 0 Å². The zero-order chi connectivity index (χ0) is 32.9. The van der Waals surface area contributed by atoms with Gasteiger partial charge in [0.1, 0.15) is 18.1 Å². The van der Waals surface area contributed by atoms with Gasteiger partial charge >= 0.3 is 0 Å². The fraction of sp³-hybridized carbons (Fsp3) is 0.516. The number of aromatic nitrogens is 2. The molecule has 2 heterocycles. The number of thioether (sulfide) groups is 1. The smallest absolute Gasteiger partial charge is 0.264 e. The number of hydrogen-bond donors (Lipinski definition) is 5. The molecular weight excluding hydrogens is 598 g/mol. The highest BCUT2D eigenvalue weighted by molar-refractivity contribution is 7.98. The molecular formula is C31H43N7O6S. The molecule has 3 rings (SSSR count). The van der Waals surface area contributed by atoms with Gasteiger partial charge in [-0.2, -0.15) is 16.9 Å². The van der Waals surface area contributed by atoms with Crippen LogP contribution in [0.2, 0.25) is 0 Å². The Morgan fingerprint density at radius 2 is 1.69 bits per heavy atom. The van der Waals surface area contributed by atoms with Gasteiger partial charge in [0.2, 0.25) is 29.5 Å². The van der Waals surface area contributed by atoms with Crippen LogP contribution in [0, 0.1) is 5.92 Å². The predicted molar refractivity (Wildman–Crippen MR) is 171 cm³/mol. The lowest BCUT2D eigenvalue weighted by atomic mass is 10.0. The number of hydrogen-bond acceptors (Lipinski definition) is 8. The molecule has 45 heavy (non-hydrogen) atoms. The van der Waals surface area contributed by atoms with Gasteiger partial charge in [-0.05, 0) is 49.3 Å². The van der Waals surface area contributed by atoms with E-state index in [2.05, 4.69) is 31.5 Å². The number of benzene rings is 1. The van der Waals surface area contributed by atoms with E-state index < -0.39 is 47.8 Å². The summed E-state index contributed by atoms with van der Waals surface area (Å²) in [7, 11) is 0. The number of nitrogens with one attached hydrogen (secondary N) is 5. The molecule has 0 aliphatic carbocycles. The maximum atomic E-state index is 13.6. The second-order valence-electron chi connectivity index (χ2n) is 11.4. The van der Waals surface area contributed by atoms with Gasteiger partial charge in [0.25, 0.3) is 5.56 Å². The largest absolute Gasteiger partial charge is 0.349 e. The molecule has 0 unspecified atom stereocenters. The molecule has 244 valence electrons. The minimum atomic E-state index is -0.966. The number of amides is 5. The number of nitrogens with zero attached hydrogens (tertiary/aromatic N) is 2. The van der Waals surface area contributed by atoms with Crippen molar-refractivity contribution in [2.24, 2.45) is 5.92 Å². The minimum Gasteiger partial charge on any atom is -0.349 e. The molecule has 2 aromatic rings. The molecule has 1 aliphatic rings. The van der Waals surface area contributed by atoms with Crippen LogP contribution in [0.25, 0.3) is 0 Å². The third-order valence-electron chi connectivity index (χ3n) is 7.39. The van der Waals surface area contributed by atoms with Crippen LogP contribution < -0.4 is 26.8 Å². The first-order valence-electron chi connectivity index (χ1n) is 15.0. The van der Waals surface area contributed by atoms with Gasteiger partial charge in [-0.25, -0.2) is 5.10 Å². The normalized spacial score (nSPS) is 22.0. The molecule has 1 fully saturated rings. The Balaban J connectivity index is 1.95. The second-order valence-corrected chi connectivity index (χ2v) is 12.4. The second kappa shape index (κ2) is 17.3. The summed E-state index contributed by atoms with van der Waals surface area (Å²) in [4.78, 5) is 79.7. The van der Waals surface area contributed by atoms with Gasteiger partial charge in [0, 0.05) is 25.5 Å². The van der Waals surface area contributed by atoms with Crippen molar-refractivity contribution in [3.63, 3.8) is 0 Å². The summed E-state index contributed by atoms with van der Waals surface area (Å²) in [5.74, 6) is -2.17. The Hall–Kier alpha value is -4.20. The number of H-pyrrole nitrogens is 1. The molecule has 1 aromatic carbocycles. The van der Waals surface area contributed by atoms with E-state index in [9.17, 15) is 28.8 Å².